The molecule has 0 radical (unpaired) electrons. The second kappa shape index (κ2) is 5.77. The summed E-state index contributed by atoms with van der Waals surface area (Å²) in [6.45, 7) is 1.46. The maximum atomic E-state index is 10.4. The summed E-state index contributed by atoms with van der Waals surface area (Å²) >= 11 is 0. The third-order valence-corrected chi connectivity index (χ3v) is 7.22. The Labute approximate surface area is 168 Å². The van der Waals surface area contributed by atoms with Gasteiger partial charge in [-0.1, -0.05) is 12.1 Å². The fourth-order valence-electron chi connectivity index (χ4n) is 4.90. The van der Waals surface area contributed by atoms with Gasteiger partial charge >= 0.3 is 0 Å². The Morgan fingerprint density at radius 1 is 1.10 bits per heavy atom. The highest BCUT2D eigenvalue weighted by molar-refractivity contribution is 5.81. The Morgan fingerprint density at radius 2 is 1.93 bits per heavy atom. The van der Waals surface area contributed by atoms with Gasteiger partial charge in [-0.3, -0.25) is 0 Å². The first-order valence-corrected chi connectivity index (χ1v) is 10.3. The van der Waals surface area contributed by atoms with E-state index in [0.717, 1.165) is 60.9 Å². The van der Waals surface area contributed by atoms with Crippen LogP contribution in [0.15, 0.2) is 36.8 Å². The molecule has 146 valence electrons. The van der Waals surface area contributed by atoms with E-state index >= 15 is 0 Å². The fraction of sp³-hybridized carbons (Fsp3) is 0.455. The lowest BCUT2D eigenvalue weighted by molar-refractivity contribution is 0.136. The van der Waals surface area contributed by atoms with E-state index in [1.54, 1.807) is 6.33 Å². The lowest BCUT2D eigenvalue weighted by Gasteiger charge is -2.35. The van der Waals surface area contributed by atoms with Gasteiger partial charge in [0, 0.05) is 30.0 Å². The molecule has 3 aliphatic rings. The van der Waals surface area contributed by atoms with Crippen molar-refractivity contribution in [2.75, 3.05) is 18.0 Å². The van der Waals surface area contributed by atoms with Crippen molar-refractivity contribution in [2.45, 2.75) is 43.6 Å². The second-order valence-corrected chi connectivity index (χ2v) is 8.87. The summed E-state index contributed by atoms with van der Waals surface area (Å²) in [5.41, 5.74) is 1.74. The number of rotatable bonds is 3. The first-order valence-electron chi connectivity index (χ1n) is 10.3. The third kappa shape index (κ3) is 2.42. The van der Waals surface area contributed by atoms with Crippen LogP contribution in [0.3, 0.4) is 0 Å². The Bertz CT molecular complexity index is 1150. The number of nitrogens with zero attached hydrogens (tertiary/aromatic N) is 6. The van der Waals surface area contributed by atoms with E-state index in [2.05, 4.69) is 38.2 Å². The number of aliphatic hydroxyl groups excluding tert-OH is 1. The average Bonchev–Trinajstić information content (AvgIpc) is 3.25. The molecule has 1 saturated heterocycles. The van der Waals surface area contributed by atoms with Crippen LogP contribution < -0.4 is 4.90 Å². The highest BCUT2D eigenvalue weighted by atomic mass is 16.3. The third-order valence-electron chi connectivity index (χ3n) is 7.22. The molecule has 0 bridgehead atoms. The van der Waals surface area contributed by atoms with Gasteiger partial charge in [-0.15, -0.1) is 0 Å². The van der Waals surface area contributed by atoms with Gasteiger partial charge in [-0.25, -0.2) is 14.6 Å². The summed E-state index contributed by atoms with van der Waals surface area (Å²) in [6, 6.07) is 10.7. The van der Waals surface area contributed by atoms with E-state index in [-0.39, 0.29) is 16.9 Å². The van der Waals surface area contributed by atoms with Crippen molar-refractivity contribution < 1.29 is 5.11 Å². The molecule has 1 unspecified atom stereocenters. The molecule has 29 heavy (non-hydrogen) atoms. The van der Waals surface area contributed by atoms with Crippen LogP contribution in [0.4, 0.5) is 5.82 Å². The number of hydrogen-bond acceptors (Lipinski definition) is 6. The van der Waals surface area contributed by atoms with Crippen LogP contribution in [0.2, 0.25) is 0 Å². The van der Waals surface area contributed by atoms with Gasteiger partial charge < -0.3 is 10.0 Å². The van der Waals surface area contributed by atoms with E-state index in [1.165, 1.54) is 0 Å². The lowest BCUT2D eigenvalue weighted by Crippen LogP contribution is -2.32. The summed E-state index contributed by atoms with van der Waals surface area (Å²) < 4.78 is 1.83. The van der Waals surface area contributed by atoms with Crippen LogP contribution >= 0.6 is 0 Å². The summed E-state index contributed by atoms with van der Waals surface area (Å²) in [5, 5.41) is 25.7. The topological polar surface area (TPSA) is 90.9 Å². The van der Waals surface area contributed by atoms with Crippen molar-refractivity contribution in [3.63, 3.8) is 0 Å². The van der Waals surface area contributed by atoms with E-state index in [4.69, 9.17) is 0 Å². The van der Waals surface area contributed by atoms with Crippen molar-refractivity contribution >= 4 is 16.7 Å². The highest BCUT2D eigenvalue weighted by Gasteiger charge is 2.54. The van der Waals surface area contributed by atoms with Gasteiger partial charge in [-0.05, 0) is 43.7 Å². The predicted octanol–water partition coefficient (Wildman–Crippen LogP) is 2.72. The van der Waals surface area contributed by atoms with Gasteiger partial charge in [0.05, 0.1) is 29.3 Å². The number of benzene rings is 1. The molecule has 6 rings (SSSR count). The number of nitriles is 1. The highest BCUT2D eigenvalue weighted by Crippen LogP contribution is 2.53. The van der Waals surface area contributed by atoms with Gasteiger partial charge in [0.2, 0.25) is 0 Å². The molecule has 2 aromatic heterocycles. The number of aromatic nitrogens is 4. The smallest absolute Gasteiger partial charge is 0.159 e. The zero-order valence-corrected chi connectivity index (χ0v) is 16.1. The SMILES string of the molecule is N#CC1(c2ccc3cnn(-c4cc(N5CC(O)C6(CC6)C5)ncn4)c3c2)CCC1. The normalized spacial score (nSPS) is 23.9. The first-order chi connectivity index (χ1) is 14.1. The van der Waals surface area contributed by atoms with Crippen LogP contribution in [0.25, 0.3) is 16.7 Å². The largest absolute Gasteiger partial charge is 0.391 e. The number of anilines is 1. The van der Waals surface area contributed by atoms with Crippen molar-refractivity contribution in [1.29, 1.82) is 5.26 Å². The second-order valence-electron chi connectivity index (χ2n) is 8.87. The van der Waals surface area contributed by atoms with E-state index in [9.17, 15) is 10.4 Å². The average molecular weight is 386 g/mol. The van der Waals surface area contributed by atoms with Crippen molar-refractivity contribution in [1.82, 2.24) is 19.7 Å². The summed E-state index contributed by atoms with van der Waals surface area (Å²) in [5.74, 6) is 1.53. The Kier molecular flexibility index (Phi) is 3.37. The van der Waals surface area contributed by atoms with Crippen LogP contribution in [0.5, 0.6) is 0 Å². The summed E-state index contributed by atoms with van der Waals surface area (Å²) in [7, 11) is 0. The molecule has 7 nitrogen and oxygen atoms in total. The van der Waals surface area contributed by atoms with Crippen LogP contribution in [0.1, 0.15) is 37.7 Å². The summed E-state index contributed by atoms with van der Waals surface area (Å²) in [4.78, 5) is 11.1. The number of aliphatic hydroxyl groups is 1. The van der Waals surface area contributed by atoms with E-state index in [1.807, 2.05) is 23.0 Å². The Hall–Kier alpha value is -2.98. The lowest BCUT2D eigenvalue weighted by atomic mass is 9.65. The molecule has 1 aliphatic heterocycles. The number of fused-ring (bicyclic) bond motifs is 1. The molecule has 1 N–H and O–H groups in total. The standard InChI is InChI=1S/C22H22N6O/c23-12-21(4-1-5-21)16-3-2-15-10-26-28(17(15)8-16)20-9-19(24-14-25-20)27-11-18(29)22(13-27)6-7-22/h2-3,8-10,14,18,29H,1,4-7,11,13H2. The minimum absolute atomic E-state index is 0.0762. The minimum Gasteiger partial charge on any atom is -0.391 e. The predicted molar refractivity (Wildman–Crippen MR) is 108 cm³/mol. The molecule has 1 spiro atoms. The molecular weight excluding hydrogens is 364 g/mol. The van der Waals surface area contributed by atoms with Gasteiger partial charge in [0.15, 0.2) is 5.82 Å². The molecule has 0 amide bonds. The van der Waals surface area contributed by atoms with Crippen molar-refractivity contribution in [3.05, 3.63) is 42.4 Å². The van der Waals surface area contributed by atoms with E-state index in [0.29, 0.717) is 12.4 Å². The molecule has 1 aromatic carbocycles. The molecule has 7 heteroatoms. The van der Waals surface area contributed by atoms with Gasteiger partial charge in [0.25, 0.3) is 0 Å². The number of β-amino-alcohol motifs (C(OH)–C–C–N with tert-alkyl or cyclic N) is 1. The van der Waals surface area contributed by atoms with Crippen LogP contribution in [-0.4, -0.2) is 44.0 Å². The number of hydrogen-bond donors (Lipinski definition) is 1. The fourth-order valence-corrected chi connectivity index (χ4v) is 4.90. The molecular formula is C22H22N6O. The molecule has 2 aliphatic carbocycles. The molecule has 3 fully saturated rings. The quantitative estimate of drug-likeness (QED) is 0.744. The first kappa shape index (κ1) is 16.9. The Balaban J connectivity index is 1.39. The Morgan fingerprint density at radius 3 is 2.62 bits per heavy atom. The maximum absolute atomic E-state index is 10.4. The van der Waals surface area contributed by atoms with E-state index < -0.39 is 0 Å². The van der Waals surface area contributed by atoms with Gasteiger partial charge in [0.1, 0.15) is 12.1 Å². The minimum atomic E-state index is -0.357. The monoisotopic (exact) mass is 386 g/mol. The maximum Gasteiger partial charge on any atom is 0.159 e. The van der Waals surface area contributed by atoms with Crippen molar-refractivity contribution in [3.8, 4) is 11.9 Å². The van der Waals surface area contributed by atoms with Gasteiger partial charge in [-0.2, -0.15) is 10.4 Å². The van der Waals surface area contributed by atoms with Crippen LogP contribution in [-0.2, 0) is 5.41 Å². The molecule has 2 saturated carbocycles. The van der Waals surface area contributed by atoms with Crippen LogP contribution in [0, 0.1) is 16.7 Å². The zero-order chi connectivity index (χ0) is 19.6. The summed E-state index contributed by atoms with van der Waals surface area (Å²) in [6.07, 6.45) is 8.24. The molecule has 3 aromatic rings. The zero-order valence-electron chi connectivity index (χ0n) is 16.1. The van der Waals surface area contributed by atoms with Crippen molar-refractivity contribution in [2.24, 2.45) is 5.41 Å². The molecule has 3 heterocycles. The molecule has 1 atom stereocenters.